The molecule has 3 aromatic carbocycles. The van der Waals surface area contributed by atoms with E-state index in [1.165, 1.54) is 12.1 Å². The maximum Gasteiger partial charge on any atom is 0.323 e. The van der Waals surface area contributed by atoms with Gasteiger partial charge in [0, 0.05) is 0 Å². The average Bonchev–Trinajstić information content (AvgIpc) is 2.60. The number of carbonyl (C=O) groups excluding carboxylic acids is 1. The van der Waals surface area contributed by atoms with Gasteiger partial charge < -0.3 is 15.4 Å². The standard InChI is InChI=1S/C19H15FN2O2/c20-15-10-4-5-11-16(15)21-19(23)22-17-12-6-7-13-18(17)24-14-8-2-1-3-9-14/h1-13H,(H2,21,22,23). The Balaban J connectivity index is 1.73. The zero-order valence-corrected chi connectivity index (χ0v) is 12.7. The molecule has 24 heavy (non-hydrogen) atoms. The van der Waals surface area contributed by atoms with E-state index in [9.17, 15) is 9.18 Å². The van der Waals surface area contributed by atoms with Crippen LogP contribution in [0.3, 0.4) is 0 Å². The number of carbonyl (C=O) groups is 1. The van der Waals surface area contributed by atoms with Crippen molar-refractivity contribution in [3.8, 4) is 11.5 Å². The molecule has 0 bridgehead atoms. The van der Waals surface area contributed by atoms with Gasteiger partial charge in [0.2, 0.25) is 0 Å². The lowest BCUT2D eigenvalue weighted by Gasteiger charge is -2.13. The maximum absolute atomic E-state index is 13.6. The molecular weight excluding hydrogens is 307 g/mol. The molecule has 3 rings (SSSR count). The summed E-state index contributed by atoms with van der Waals surface area (Å²) in [6, 6.07) is 21.7. The molecule has 0 heterocycles. The highest BCUT2D eigenvalue weighted by atomic mass is 19.1. The number of ether oxygens (including phenoxy) is 1. The van der Waals surface area contributed by atoms with Crippen molar-refractivity contribution >= 4 is 17.4 Å². The molecule has 0 aliphatic carbocycles. The van der Waals surface area contributed by atoms with Gasteiger partial charge in [-0.1, -0.05) is 42.5 Å². The third-order valence-corrected chi connectivity index (χ3v) is 3.23. The van der Waals surface area contributed by atoms with Crippen molar-refractivity contribution in [1.29, 1.82) is 0 Å². The molecule has 5 heteroatoms. The van der Waals surface area contributed by atoms with Crippen LogP contribution in [0.1, 0.15) is 0 Å². The van der Waals surface area contributed by atoms with Gasteiger partial charge in [-0.25, -0.2) is 9.18 Å². The van der Waals surface area contributed by atoms with E-state index in [1.54, 1.807) is 36.4 Å². The SMILES string of the molecule is O=C(Nc1ccccc1F)Nc1ccccc1Oc1ccccc1. The van der Waals surface area contributed by atoms with Crippen molar-refractivity contribution < 1.29 is 13.9 Å². The molecule has 0 unspecified atom stereocenters. The third kappa shape index (κ3) is 3.89. The Morgan fingerprint density at radius 1 is 0.750 bits per heavy atom. The summed E-state index contributed by atoms with van der Waals surface area (Å²) >= 11 is 0. The summed E-state index contributed by atoms with van der Waals surface area (Å²) in [5.41, 5.74) is 0.589. The molecule has 2 amide bonds. The summed E-state index contributed by atoms with van der Waals surface area (Å²) in [7, 11) is 0. The first kappa shape index (κ1) is 15.6. The van der Waals surface area contributed by atoms with Crippen molar-refractivity contribution in [2.24, 2.45) is 0 Å². The van der Waals surface area contributed by atoms with Crippen LogP contribution < -0.4 is 15.4 Å². The Morgan fingerprint density at radius 2 is 1.33 bits per heavy atom. The van der Waals surface area contributed by atoms with E-state index in [2.05, 4.69) is 10.6 Å². The van der Waals surface area contributed by atoms with E-state index in [4.69, 9.17) is 4.74 Å². The Kier molecular flexibility index (Phi) is 4.72. The first-order valence-electron chi connectivity index (χ1n) is 7.37. The Hall–Kier alpha value is -3.34. The van der Waals surface area contributed by atoms with Crippen molar-refractivity contribution in [2.75, 3.05) is 10.6 Å². The van der Waals surface area contributed by atoms with E-state index >= 15 is 0 Å². The van der Waals surface area contributed by atoms with Gasteiger partial charge >= 0.3 is 6.03 Å². The quantitative estimate of drug-likeness (QED) is 0.688. The average molecular weight is 322 g/mol. The molecule has 0 aliphatic heterocycles. The molecule has 0 atom stereocenters. The largest absolute Gasteiger partial charge is 0.455 e. The number of hydrogen-bond donors (Lipinski definition) is 2. The van der Waals surface area contributed by atoms with Gasteiger partial charge in [-0.3, -0.25) is 0 Å². The summed E-state index contributed by atoms with van der Waals surface area (Å²) in [5, 5.41) is 5.13. The highest BCUT2D eigenvalue weighted by Gasteiger charge is 2.10. The minimum atomic E-state index is -0.552. The highest BCUT2D eigenvalue weighted by molar-refractivity contribution is 6.00. The molecule has 4 nitrogen and oxygen atoms in total. The lowest BCUT2D eigenvalue weighted by molar-refractivity contribution is 0.262. The fourth-order valence-corrected chi connectivity index (χ4v) is 2.11. The van der Waals surface area contributed by atoms with Crippen molar-refractivity contribution in [3.05, 3.63) is 84.7 Å². The lowest BCUT2D eigenvalue weighted by atomic mass is 10.3. The first-order valence-corrected chi connectivity index (χ1v) is 7.37. The maximum atomic E-state index is 13.6. The molecule has 0 spiro atoms. The fraction of sp³-hybridized carbons (Fsp3) is 0. The predicted molar refractivity (Wildman–Crippen MR) is 92.0 cm³/mol. The molecule has 0 saturated heterocycles. The normalized spacial score (nSPS) is 10.0. The molecule has 0 aromatic heterocycles. The van der Waals surface area contributed by atoms with Gasteiger partial charge in [-0.2, -0.15) is 0 Å². The van der Waals surface area contributed by atoms with Gasteiger partial charge in [-0.05, 0) is 36.4 Å². The Labute approximate surface area is 138 Å². The number of para-hydroxylation sites is 4. The van der Waals surface area contributed by atoms with E-state index in [0.717, 1.165) is 0 Å². The molecule has 2 N–H and O–H groups in total. The summed E-state index contributed by atoms with van der Waals surface area (Å²) in [6.45, 7) is 0. The minimum Gasteiger partial charge on any atom is -0.455 e. The van der Waals surface area contributed by atoms with Crippen molar-refractivity contribution in [2.45, 2.75) is 0 Å². The van der Waals surface area contributed by atoms with Crippen LogP contribution >= 0.6 is 0 Å². The monoisotopic (exact) mass is 322 g/mol. The minimum absolute atomic E-state index is 0.108. The predicted octanol–water partition coefficient (Wildman–Crippen LogP) is 5.26. The summed E-state index contributed by atoms with van der Waals surface area (Å²) in [5.74, 6) is 0.648. The van der Waals surface area contributed by atoms with Crippen LogP contribution in [0.25, 0.3) is 0 Å². The van der Waals surface area contributed by atoms with E-state index in [0.29, 0.717) is 17.2 Å². The van der Waals surface area contributed by atoms with Crippen LogP contribution in [0, 0.1) is 5.82 Å². The number of benzene rings is 3. The molecule has 0 fully saturated rings. The zero-order valence-electron chi connectivity index (χ0n) is 12.7. The number of amides is 2. The molecule has 0 saturated carbocycles. The van der Waals surface area contributed by atoms with Crippen LogP contribution in [-0.2, 0) is 0 Å². The second-order valence-corrected chi connectivity index (χ2v) is 4.97. The summed E-state index contributed by atoms with van der Waals surface area (Å²) in [4.78, 5) is 12.1. The number of hydrogen-bond acceptors (Lipinski definition) is 2. The van der Waals surface area contributed by atoms with Crippen LogP contribution in [0.15, 0.2) is 78.9 Å². The number of nitrogens with one attached hydrogen (secondary N) is 2. The number of urea groups is 1. The van der Waals surface area contributed by atoms with Gasteiger partial charge in [0.25, 0.3) is 0 Å². The third-order valence-electron chi connectivity index (χ3n) is 3.23. The van der Waals surface area contributed by atoms with Gasteiger partial charge in [0.05, 0.1) is 11.4 Å². The Bertz CT molecular complexity index is 838. The van der Waals surface area contributed by atoms with Gasteiger partial charge in [-0.15, -0.1) is 0 Å². The molecular formula is C19H15FN2O2. The van der Waals surface area contributed by atoms with Gasteiger partial charge in [0.1, 0.15) is 11.6 Å². The smallest absolute Gasteiger partial charge is 0.323 e. The highest BCUT2D eigenvalue weighted by Crippen LogP contribution is 2.29. The van der Waals surface area contributed by atoms with Crippen LogP contribution in [0.2, 0.25) is 0 Å². The zero-order chi connectivity index (χ0) is 16.8. The second kappa shape index (κ2) is 7.28. The van der Waals surface area contributed by atoms with Crippen LogP contribution in [-0.4, -0.2) is 6.03 Å². The van der Waals surface area contributed by atoms with Crippen molar-refractivity contribution in [3.63, 3.8) is 0 Å². The first-order chi connectivity index (χ1) is 11.7. The summed E-state index contributed by atoms with van der Waals surface area (Å²) in [6.07, 6.45) is 0. The van der Waals surface area contributed by atoms with E-state index < -0.39 is 11.8 Å². The number of halogens is 1. The second-order valence-electron chi connectivity index (χ2n) is 4.97. The van der Waals surface area contributed by atoms with Crippen molar-refractivity contribution in [1.82, 2.24) is 0 Å². The Morgan fingerprint density at radius 3 is 2.08 bits per heavy atom. The topological polar surface area (TPSA) is 50.4 Å². The van der Waals surface area contributed by atoms with E-state index in [-0.39, 0.29) is 5.69 Å². The fourth-order valence-electron chi connectivity index (χ4n) is 2.11. The van der Waals surface area contributed by atoms with Gasteiger partial charge in [0.15, 0.2) is 5.75 Å². The van der Waals surface area contributed by atoms with E-state index in [1.807, 2.05) is 30.3 Å². The summed E-state index contributed by atoms with van der Waals surface area (Å²) < 4.78 is 19.4. The molecule has 0 aliphatic rings. The van der Waals surface area contributed by atoms with Crippen LogP contribution in [0.5, 0.6) is 11.5 Å². The number of rotatable bonds is 4. The molecule has 3 aromatic rings. The van der Waals surface area contributed by atoms with Crippen LogP contribution in [0.4, 0.5) is 20.6 Å². The molecule has 0 radical (unpaired) electrons. The lowest BCUT2D eigenvalue weighted by Crippen LogP contribution is -2.20. The molecule has 120 valence electrons. The number of anilines is 2.